The number of aromatic amines is 1. The van der Waals surface area contributed by atoms with Crippen LogP contribution in [-0.4, -0.2) is 44.2 Å². The van der Waals surface area contributed by atoms with Crippen molar-refractivity contribution in [3.05, 3.63) is 24.7 Å². The van der Waals surface area contributed by atoms with Crippen molar-refractivity contribution in [3.63, 3.8) is 0 Å². The van der Waals surface area contributed by atoms with Crippen LogP contribution in [0.25, 0.3) is 22.6 Å². The number of nitrogens with one attached hydrogen (secondary N) is 1. The van der Waals surface area contributed by atoms with Crippen molar-refractivity contribution in [1.82, 2.24) is 19.9 Å². The van der Waals surface area contributed by atoms with E-state index in [-0.39, 0.29) is 12.6 Å². The molecule has 2 N–H and O–H groups in total. The molecule has 0 spiro atoms. The highest BCUT2D eigenvalue weighted by Gasteiger charge is 2.27. The average molecular weight is 285 g/mol. The molecule has 1 aliphatic heterocycles. The van der Waals surface area contributed by atoms with E-state index >= 15 is 0 Å². The molecule has 7 nitrogen and oxygen atoms in total. The highest BCUT2D eigenvalue weighted by Crippen LogP contribution is 2.29. The number of H-pyrrole nitrogens is 1. The molecule has 3 aromatic heterocycles. The summed E-state index contributed by atoms with van der Waals surface area (Å²) in [5.41, 5.74) is 2.04. The summed E-state index contributed by atoms with van der Waals surface area (Å²) in [5, 5.41) is 9.49. The molecule has 1 fully saturated rings. The minimum absolute atomic E-state index is 0.0785. The number of fused-ring (bicyclic) bond motifs is 1. The number of furan rings is 1. The standard InChI is InChI=1S/C14H15N5O2/c20-7-9-3-1-5-19(9)14-17-11(10-4-2-6-21-10)12-13(18-14)16-8-15-12/h2,4,6,8-9,20H,1,3,5,7H2,(H,15,16,17,18)/t9-/m1/s1. The summed E-state index contributed by atoms with van der Waals surface area (Å²) >= 11 is 0. The molecule has 4 rings (SSSR count). The van der Waals surface area contributed by atoms with E-state index in [4.69, 9.17) is 4.42 Å². The Kier molecular flexibility index (Phi) is 2.85. The third-order valence-corrected chi connectivity index (χ3v) is 3.87. The predicted octanol–water partition coefficient (Wildman–Crippen LogP) is 1.57. The summed E-state index contributed by atoms with van der Waals surface area (Å²) in [7, 11) is 0. The van der Waals surface area contributed by atoms with E-state index in [1.54, 1.807) is 12.6 Å². The SMILES string of the molecule is OC[C@H]1CCCN1c1nc(-c2ccco2)c2nc[nH]c2n1. The fraction of sp³-hybridized carbons (Fsp3) is 0.357. The smallest absolute Gasteiger partial charge is 0.228 e. The van der Waals surface area contributed by atoms with E-state index in [0.29, 0.717) is 28.6 Å². The maximum atomic E-state index is 9.49. The van der Waals surface area contributed by atoms with Gasteiger partial charge in [-0.2, -0.15) is 4.98 Å². The first kappa shape index (κ1) is 12.3. The van der Waals surface area contributed by atoms with Crippen molar-refractivity contribution in [1.29, 1.82) is 0 Å². The number of aromatic nitrogens is 4. The monoisotopic (exact) mass is 285 g/mol. The van der Waals surface area contributed by atoms with Crippen molar-refractivity contribution < 1.29 is 9.52 Å². The Bertz CT molecular complexity index is 752. The van der Waals surface area contributed by atoms with Gasteiger partial charge in [-0.3, -0.25) is 0 Å². The Hall–Kier alpha value is -2.41. The van der Waals surface area contributed by atoms with Gasteiger partial charge in [-0.1, -0.05) is 0 Å². The molecule has 1 saturated heterocycles. The molecule has 1 aliphatic rings. The van der Waals surface area contributed by atoms with E-state index in [1.165, 1.54) is 0 Å². The first-order valence-electron chi connectivity index (χ1n) is 6.99. The minimum Gasteiger partial charge on any atom is -0.463 e. The number of aliphatic hydroxyl groups is 1. The van der Waals surface area contributed by atoms with Crippen molar-refractivity contribution >= 4 is 17.1 Å². The lowest BCUT2D eigenvalue weighted by atomic mass is 10.2. The molecule has 0 aliphatic carbocycles. The summed E-state index contributed by atoms with van der Waals surface area (Å²) in [6, 6.07) is 3.75. The van der Waals surface area contributed by atoms with Crippen molar-refractivity contribution in [2.75, 3.05) is 18.1 Å². The molecule has 0 unspecified atom stereocenters. The Labute approximate surface area is 120 Å². The van der Waals surface area contributed by atoms with Crippen LogP contribution >= 0.6 is 0 Å². The average Bonchev–Trinajstić information content (AvgIpc) is 3.25. The Morgan fingerprint density at radius 1 is 1.43 bits per heavy atom. The molecule has 4 heterocycles. The van der Waals surface area contributed by atoms with Crippen LogP contribution in [0.1, 0.15) is 12.8 Å². The summed E-state index contributed by atoms with van der Waals surface area (Å²) in [6.45, 7) is 0.961. The number of rotatable bonds is 3. The fourth-order valence-corrected chi connectivity index (χ4v) is 2.83. The predicted molar refractivity (Wildman–Crippen MR) is 76.8 cm³/mol. The molecule has 0 bridgehead atoms. The van der Waals surface area contributed by atoms with Crippen LogP contribution in [0.2, 0.25) is 0 Å². The highest BCUT2D eigenvalue weighted by atomic mass is 16.3. The highest BCUT2D eigenvalue weighted by molar-refractivity contribution is 5.86. The molecule has 0 radical (unpaired) electrons. The zero-order chi connectivity index (χ0) is 14.2. The molecule has 21 heavy (non-hydrogen) atoms. The van der Waals surface area contributed by atoms with Gasteiger partial charge in [-0.15, -0.1) is 0 Å². The third-order valence-electron chi connectivity index (χ3n) is 3.87. The molecular weight excluding hydrogens is 270 g/mol. The van der Waals surface area contributed by atoms with Crippen LogP contribution in [-0.2, 0) is 0 Å². The van der Waals surface area contributed by atoms with Gasteiger partial charge >= 0.3 is 0 Å². The number of anilines is 1. The van der Waals surface area contributed by atoms with E-state index in [1.807, 2.05) is 17.0 Å². The molecule has 0 saturated carbocycles. The number of aliphatic hydroxyl groups excluding tert-OH is 1. The molecule has 7 heteroatoms. The zero-order valence-electron chi connectivity index (χ0n) is 11.4. The first-order chi connectivity index (χ1) is 10.4. The fourth-order valence-electron chi connectivity index (χ4n) is 2.83. The van der Waals surface area contributed by atoms with Crippen LogP contribution in [0, 0.1) is 0 Å². The van der Waals surface area contributed by atoms with Crippen molar-refractivity contribution in [2.24, 2.45) is 0 Å². The molecule has 0 amide bonds. The third kappa shape index (κ3) is 1.97. The van der Waals surface area contributed by atoms with Crippen LogP contribution in [0.5, 0.6) is 0 Å². The molecule has 1 atom stereocenters. The van der Waals surface area contributed by atoms with Crippen molar-refractivity contribution in [2.45, 2.75) is 18.9 Å². The molecule has 108 valence electrons. The molecular formula is C14H15N5O2. The van der Waals surface area contributed by atoms with Gasteiger partial charge in [0.15, 0.2) is 11.4 Å². The van der Waals surface area contributed by atoms with Crippen LogP contribution < -0.4 is 4.90 Å². The summed E-state index contributed by atoms with van der Waals surface area (Å²) in [6.07, 6.45) is 5.20. The van der Waals surface area contributed by atoms with Gasteiger partial charge in [0.2, 0.25) is 5.95 Å². The van der Waals surface area contributed by atoms with Crippen LogP contribution in [0.15, 0.2) is 29.1 Å². The van der Waals surface area contributed by atoms with Gasteiger partial charge in [0.1, 0.15) is 11.2 Å². The topological polar surface area (TPSA) is 91.1 Å². The van der Waals surface area contributed by atoms with Gasteiger partial charge < -0.3 is 19.4 Å². The van der Waals surface area contributed by atoms with Crippen molar-refractivity contribution in [3.8, 4) is 11.5 Å². The Morgan fingerprint density at radius 3 is 3.19 bits per heavy atom. The number of imidazole rings is 1. The maximum Gasteiger partial charge on any atom is 0.228 e. The summed E-state index contributed by atoms with van der Waals surface area (Å²) in [4.78, 5) is 18.5. The lowest BCUT2D eigenvalue weighted by Gasteiger charge is -2.23. The maximum absolute atomic E-state index is 9.49. The van der Waals surface area contributed by atoms with Gasteiger partial charge in [-0.25, -0.2) is 9.97 Å². The number of nitrogens with zero attached hydrogens (tertiary/aromatic N) is 4. The van der Waals surface area contributed by atoms with Crippen LogP contribution in [0.4, 0.5) is 5.95 Å². The van der Waals surface area contributed by atoms with Gasteiger partial charge in [0.25, 0.3) is 0 Å². The first-order valence-corrected chi connectivity index (χ1v) is 6.99. The van der Waals surface area contributed by atoms with Crippen LogP contribution in [0.3, 0.4) is 0 Å². The second-order valence-corrected chi connectivity index (χ2v) is 5.12. The largest absolute Gasteiger partial charge is 0.463 e. The minimum atomic E-state index is 0.0785. The summed E-state index contributed by atoms with van der Waals surface area (Å²) < 4.78 is 5.46. The van der Waals surface area contributed by atoms with Gasteiger partial charge in [0.05, 0.1) is 25.2 Å². The number of hydrogen-bond acceptors (Lipinski definition) is 6. The normalized spacial score (nSPS) is 18.7. The number of hydrogen-bond donors (Lipinski definition) is 2. The summed E-state index contributed by atoms with van der Waals surface area (Å²) in [5.74, 6) is 1.27. The van der Waals surface area contributed by atoms with Gasteiger partial charge in [0, 0.05) is 6.54 Å². The van der Waals surface area contributed by atoms with E-state index < -0.39 is 0 Å². The molecule has 0 aromatic carbocycles. The lowest BCUT2D eigenvalue weighted by Crippen LogP contribution is -2.33. The molecule has 3 aromatic rings. The zero-order valence-corrected chi connectivity index (χ0v) is 11.4. The van der Waals surface area contributed by atoms with E-state index in [2.05, 4.69) is 19.9 Å². The second kappa shape index (κ2) is 4.85. The Balaban J connectivity index is 1.87. The quantitative estimate of drug-likeness (QED) is 0.759. The Morgan fingerprint density at radius 2 is 2.38 bits per heavy atom. The lowest BCUT2D eigenvalue weighted by molar-refractivity contribution is 0.265. The van der Waals surface area contributed by atoms with Gasteiger partial charge in [-0.05, 0) is 25.0 Å². The second-order valence-electron chi connectivity index (χ2n) is 5.12. The van der Waals surface area contributed by atoms with E-state index in [0.717, 1.165) is 19.4 Å². The van der Waals surface area contributed by atoms with E-state index in [9.17, 15) is 5.11 Å².